The molecule has 0 saturated heterocycles. The van der Waals surface area contributed by atoms with Crippen LogP contribution in [0.3, 0.4) is 0 Å². The number of aromatic nitrogens is 3. The first-order valence-corrected chi connectivity index (χ1v) is 9.82. The molecule has 0 aliphatic carbocycles. The zero-order valence-electron chi connectivity index (χ0n) is 17.5. The Balaban J connectivity index is 1.97. The topological polar surface area (TPSA) is 71.4 Å². The molecule has 6 nitrogen and oxygen atoms in total. The van der Waals surface area contributed by atoms with E-state index < -0.39 is 0 Å². The Labute approximate surface area is 169 Å². The second-order valence-electron chi connectivity index (χ2n) is 8.31. The van der Waals surface area contributed by atoms with E-state index in [0.29, 0.717) is 17.9 Å². The molecule has 4 rings (SSSR count). The summed E-state index contributed by atoms with van der Waals surface area (Å²) in [4.78, 5) is 20.7. The summed E-state index contributed by atoms with van der Waals surface area (Å²) in [6.07, 6.45) is 1.98. The lowest BCUT2D eigenvalue weighted by Crippen LogP contribution is -2.27. The largest absolute Gasteiger partial charge is 0.494 e. The fourth-order valence-electron chi connectivity index (χ4n) is 3.43. The van der Waals surface area contributed by atoms with Crippen molar-refractivity contribution < 1.29 is 4.74 Å². The molecular weight excluding hydrogens is 364 g/mol. The highest BCUT2D eigenvalue weighted by atomic mass is 16.5. The fourth-order valence-corrected chi connectivity index (χ4v) is 3.43. The SMILES string of the molecule is CCOc1ccc2[nH]c(=O)c(-c3nc4cc(C)ccn4c3NC(C)(C)C)cc2c1. The minimum Gasteiger partial charge on any atom is -0.494 e. The Hall–Kier alpha value is -3.28. The Bertz CT molecular complexity index is 1260. The van der Waals surface area contributed by atoms with Crippen LogP contribution in [-0.2, 0) is 0 Å². The van der Waals surface area contributed by atoms with Gasteiger partial charge in [-0.3, -0.25) is 9.20 Å². The fraction of sp³-hybridized carbons (Fsp3) is 0.304. The van der Waals surface area contributed by atoms with Crippen LogP contribution in [0.15, 0.2) is 47.4 Å². The Morgan fingerprint density at radius 1 is 1.17 bits per heavy atom. The quantitative estimate of drug-likeness (QED) is 0.527. The molecule has 0 radical (unpaired) electrons. The highest BCUT2D eigenvalue weighted by molar-refractivity contribution is 5.87. The predicted octanol–water partition coefficient (Wildman–Crippen LogP) is 4.76. The van der Waals surface area contributed by atoms with E-state index in [1.165, 1.54) is 0 Å². The molecule has 0 fully saturated rings. The average molecular weight is 390 g/mol. The van der Waals surface area contributed by atoms with Gasteiger partial charge in [0.05, 0.1) is 12.2 Å². The van der Waals surface area contributed by atoms with E-state index in [9.17, 15) is 4.79 Å². The number of hydrogen-bond acceptors (Lipinski definition) is 4. The third-order valence-electron chi connectivity index (χ3n) is 4.66. The zero-order chi connectivity index (χ0) is 20.8. The number of aryl methyl sites for hydroxylation is 1. The van der Waals surface area contributed by atoms with Crippen molar-refractivity contribution in [2.45, 2.75) is 40.2 Å². The van der Waals surface area contributed by atoms with Crippen molar-refractivity contribution in [3.05, 3.63) is 58.5 Å². The number of nitrogens with zero attached hydrogens (tertiary/aromatic N) is 2. The lowest BCUT2D eigenvalue weighted by Gasteiger charge is -2.22. The monoisotopic (exact) mass is 390 g/mol. The minimum absolute atomic E-state index is 0.168. The Kier molecular flexibility index (Phi) is 4.57. The van der Waals surface area contributed by atoms with Crippen LogP contribution >= 0.6 is 0 Å². The molecule has 0 bridgehead atoms. The number of benzene rings is 1. The van der Waals surface area contributed by atoms with E-state index in [0.717, 1.165) is 33.7 Å². The van der Waals surface area contributed by atoms with Gasteiger partial charge in [0.1, 0.15) is 22.9 Å². The predicted molar refractivity (Wildman–Crippen MR) is 118 cm³/mol. The van der Waals surface area contributed by atoms with Gasteiger partial charge in [-0.05, 0) is 76.6 Å². The third-order valence-corrected chi connectivity index (χ3v) is 4.66. The number of ether oxygens (including phenoxy) is 1. The molecule has 0 amide bonds. The molecule has 1 aromatic carbocycles. The molecule has 0 unspecified atom stereocenters. The van der Waals surface area contributed by atoms with Gasteiger partial charge >= 0.3 is 0 Å². The lowest BCUT2D eigenvalue weighted by molar-refractivity contribution is 0.340. The number of hydrogen-bond donors (Lipinski definition) is 2. The molecule has 4 aromatic rings. The van der Waals surface area contributed by atoms with E-state index in [1.54, 1.807) is 0 Å². The summed E-state index contributed by atoms with van der Waals surface area (Å²) < 4.78 is 7.61. The van der Waals surface area contributed by atoms with E-state index in [2.05, 4.69) is 31.1 Å². The smallest absolute Gasteiger partial charge is 0.258 e. The van der Waals surface area contributed by atoms with Crippen molar-refractivity contribution >= 4 is 22.4 Å². The van der Waals surface area contributed by atoms with E-state index in [1.807, 2.05) is 60.8 Å². The van der Waals surface area contributed by atoms with Crippen LogP contribution in [0.1, 0.15) is 33.3 Å². The van der Waals surface area contributed by atoms with Crippen LogP contribution in [0.4, 0.5) is 5.82 Å². The van der Waals surface area contributed by atoms with Crippen LogP contribution < -0.4 is 15.6 Å². The van der Waals surface area contributed by atoms with E-state index in [-0.39, 0.29) is 11.1 Å². The molecule has 3 heterocycles. The Morgan fingerprint density at radius 3 is 2.69 bits per heavy atom. The molecule has 6 heteroatoms. The average Bonchev–Trinajstić information content (AvgIpc) is 2.97. The van der Waals surface area contributed by atoms with Crippen LogP contribution in [0.25, 0.3) is 27.8 Å². The van der Waals surface area contributed by atoms with Gasteiger partial charge in [0.15, 0.2) is 0 Å². The maximum absolute atomic E-state index is 12.9. The number of nitrogens with one attached hydrogen (secondary N) is 2. The van der Waals surface area contributed by atoms with Crippen molar-refractivity contribution in [3.63, 3.8) is 0 Å². The minimum atomic E-state index is -0.193. The van der Waals surface area contributed by atoms with Crippen molar-refractivity contribution in [2.24, 2.45) is 0 Å². The van der Waals surface area contributed by atoms with Gasteiger partial charge < -0.3 is 15.0 Å². The van der Waals surface area contributed by atoms with Crippen molar-refractivity contribution in [1.29, 1.82) is 0 Å². The van der Waals surface area contributed by atoms with Gasteiger partial charge in [-0.1, -0.05) is 0 Å². The van der Waals surface area contributed by atoms with Crippen molar-refractivity contribution in [2.75, 3.05) is 11.9 Å². The normalized spacial score (nSPS) is 11.9. The maximum atomic E-state index is 12.9. The number of imidazole rings is 1. The molecule has 0 aliphatic heterocycles. The van der Waals surface area contributed by atoms with E-state index >= 15 is 0 Å². The summed E-state index contributed by atoms with van der Waals surface area (Å²) in [6.45, 7) is 10.8. The molecule has 2 N–H and O–H groups in total. The number of fused-ring (bicyclic) bond motifs is 2. The van der Waals surface area contributed by atoms with Crippen LogP contribution in [-0.4, -0.2) is 26.5 Å². The number of rotatable bonds is 4. The second-order valence-corrected chi connectivity index (χ2v) is 8.31. The summed E-state index contributed by atoms with van der Waals surface area (Å²) in [7, 11) is 0. The van der Waals surface area contributed by atoms with Gasteiger partial charge in [-0.25, -0.2) is 4.98 Å². The molecule has 0 aliphatic rings. The van der Waals surface area contributed by atoms with Crippen molar-refractivity contribution in [1.82, 2.24) is 14.4 Å². The van der Waals surface area contributed by atoms with Gasteiger partial charge in [0, 0.05) is 22.6 Å². The first-order chi connectivity index (χ1) is 13.7. The summed E-state index contributed by atoms with van der Waals surface area (Å²) in [5.41, 5.74) is 3.49. The molecule has 0 spiro atoms. The first-order valence-electron chi connectivity index (χ1n) is 9.82. The van der Waals surface area contributed by atoms with E-state index in [4.69, 9.17) is 9.72 Å². The van der Waals surface area contributed by atoms with Crippen LogP contribution in [0, 0.1) is 6.92 Å². The number of pyridine rings is 2. The van der Waals surface area contributed by atoms with Crippen molar-refractivity contribution in [3.8, 4) is 17.0 Å². The molecule has 3 aromatic heterocycles. The molecule has 29 heavy (non-hydrogen) atoms. The van der Waals surface area contributed by atoms with Gasteiger partial charge in [0.25, 0.3) is 5.56 Å². The third kappa shape index (κ3) is 3.70. The highest BCUT2D eigenvalue weighted by Crippen LogP contribution is 2.31. The lowest BCUT2D eigenvalue weighted by atomic mass is 10.1. The standard InChI is InChI=1S/C23H26N4O2/c1-6-29-16-7-8-18-15(12-16)13-17(22(28)24-18)20-21(26-23(3,4)5)27-10-9-14(2)11-19(27)25-20/h7-13,26H,6H2,1-5H3,(H,24,28). The summed E-state index contributed by atoms with van der Waals surface area (Å²) in [5.74, 6) is 1.58. The van der Waals surface area contributed by atoms with Crippen LogP contribution in [0.5, 0.6) is 5.75 Å². The van der Waals surface area contributed by atoms with Crippen LogP contribution in [0.2, 0.25) is 0 Å². The van der Waals surface area contributed by atoms with Gasteiger partial charge in [-0.2, -0.15) is 0 Å². The molecule has 150 valence electrons. The Morgan fingerprint density at radius 2 is 1.97 bits per heavy atom. The zero-order valence-corrected chi connectivity index (χ0v) is 17.5. The maximum Gasteiger partial charge on any atom is 0.258 e. The summed E-state index contributed by atoms with van der Waals surface area (Å²) >= 11 is 0. The van der Waals surface area contributed by atoms with Gasteiger partial charge in [-0.15, -0.1) is 0 Å². The highest BCUT2D eigenvalue weighted by Gasteiger charge is 2.21. The van der Waals surface area contributed by atoms with Gasteiger partial charge in [0.2, 0.25) is 0 Å². The molecule has 0 atom stereocenters. The molecule has 0 saturated carbocycles. The molecular formula is C23H26N4O2. The summed E-state index contributed by atoms with van der Waals surface area (Å²) in [6, 6.07) is 11.6. The number of anilines is 1. The first kappa shape index (κ1) is 19.1. The number of H-pyrrole nitrogens is 1. The summed E-state index contributed by atoms with van der Waals surface area (Å²) in [5, 5.41) is 4.42. The number of aromatic amines is 1. The second kappa shape index (κ2) is 6.95.